The topological polar surface area (TPSA) is 52.0 Å². The first-order valence-corrected chi connectivity index (χ1v) is 7.44. The fourth-order valence-corrected chi connectivity index (χ4v) is 2.55. The largest absolute Gasteiger partial charge is 0.367 e. The molecule has 3 nitrogen and oxygen atoms in total. The highest BCUT2D eigenvalue weighted by molar-refractivity contribution is 9.10. The number of aryl methyl sites for hydroxylation is 2. The van der Waals surface area contributed by atoms with Gasteiger partial charge in [0.2, 0.25) is 5.88 Å². The minimum atomic E-state index is 0.344. The van der Waals surface area contributed by atoms with Gasteiger partial charge in [0.05, 0.1) is 5.56 Å². The number of hydrogen-bond acceptors (Lipinski definition) is 3. The van der Waals surface area contributed by atoms with E-state index in [0.29, 0.717) is 5.88 Å². The van der Waals surface area contributed by atoms with Crippen LogP contribution in [0.3, 0.4) is 0 Å². The van der Waals surface area contributed by atoms with Crippen molar-refractivity contribution in [1.82, 2.24) is 5.16 Å². The van der Waals surface area contributed by atoms with Crippen LogP contribution >= 0.6 is 15.9 Å². The molecular weight excluding hydrogens is 328 g/mol. The van der Waals surface area contributed by atoms with E-state index in [2.05, 4.69) is 47.1 Å². The Morgan fingerprint density at radius 2 is 1.62 bits per heavy atom. The van der Waals surface area contributed by atoms with Gasteiger partial charge in [-0.05, 0) is 42.7 Å². The summed E-state index contributed by atoms with van der Waals surface area (Å²) in [7, 11) is 0. The second-order valence-corrected chi connectivity index (χ2v) is 5.99. The Hall–Kier alpha value is -2.07. The zero-order valence-corrected chi connectivity index (χ0v) is 13.4. The van der Waals surface area contributed by atoms with E-state index in [4.69, 9.17) is 10.3 Å². The first-order chi connectivity index (χ1) is 10.1. The molecule has 0 atom stereocenters. The summed E-state index contributed by atoms with van der Waals surface area (Å²) in [6.45, 7) is 4.17. The average Bonchev–Trinajstić information content (AvgIpc) is 2.85. The second-order valence-electron chi connectivity index (χ2n) is 5.08. The fraction of sp³-hybridized carbons (Fsp3) is 0.118. The Bertz CT molecular complexity index is 791. The predicted molar refractivity (Wildman–Crippen MR) is 89.0 cm³/mol. The van der Waals surface area contributed by atoms with Crippen LogP contribution in [0.1, 0.15) is 11.1 Å². The summed E-state index contributed by atoms with van der Waals surface area (Å²) in [6.07, 6.45) is 0. The quantitative estimate of drug-likeness (QED) is 0.715. The normalized spacial score (nSPS) is 10.8. The SMILES string of the molecule is Cc1ccc(-c2c(-c3ccc(Br)cc3)noc2N)cc1C. The lowest BCUT2D eigenvalue weighted by atomic mass is 9.98. The third-order valence-electron chi connectivity index (χ3n) is 3.63. The molecule has 0 fully saturated rings. The number of benzene rings is 2. The first kappa shape index (κ1) is 13.9. The van der Waals surface area contributed by atoms with Gasteiger partial charge in [0.1, 0.15) is 5.69 Å². The van der Waals surface area contributed by atoms with Crippen molar-refractivity contribution in [2.24, 2.45) is 0 Å². The van der Waals surface area contributed by atoms with Crippen molar-refractivity contribution in [3.8, 4) is 22.4 Å². The second kappa shape index (κ2) is 5.37. The van der Waals surface area contributed by atoms with Gasteiger partial charge in [-0.25, -0.2) is 0 Å². The number of nitrogens with two attached hydrogens (primary N) is 1. The van der Waals surface area contributed by atoms with Gasteiger partial charge in [-0.3, -0.25) is 0 Å². The van der Waals surface area contributed by atoms with Gasteiger partial charge in [-0.1, -0.05) is 51.4 Å². The Kier molecular flexibility index (Phi) is 3.55. The predicted octanol–water partition coefficient (Wildman–Crippen LogP) is 4.97. The van der Waals surface area contributed by atoms with E-state index >= 15 is 0 Å². The van der Waals surface area contributed by atoms with Crippen molar-refractivity contribution >= 4 is 21.8 Å². The Balaban J connectivity index is 2.16. The van der Waals surface area contributed by atoms with Crippen LogP contribution in [0.2, 0.25) is 0 Å². The van der Waals surface area contributed by atoms with E-state index in [9.17, 15) is 0 Å². The molecule has 0 aliphatic heterocycles. The van der Waals surface area contributed by atoms with Crippen LogP contribution < -0.4 is 5.73 Å². The van der Waals surface area contributed by atoms with Crippen molar-refractivity contribution in [3.63, 3.8) is 0 Å². The zero-order chi connectivity index (χ0) is 15.0. The molecule has 1 aromatic heterocycles. The van der Waals surface area contributed by atoms with Crippen LogP contribution in [0.5, 0.6) is 0 Å². The highest BCUT2D eigenvalue weighted by Crippen LogP contribution is 2.37. The number of hydrogen-bond donors (Lipinski definition) is 1. The first-order valence-electron chi connectivity index (χ1n) is 6.65. The van der Waals surface area contributed by atoms with Crippen LogP contribution in [0, 0.1) is 13.8 Å². The molecule has 0 saturated carbocycles. The molecular formula is C17H15BrN2O. The molecule has 4 heteroatoms. The third kappa shape index (κ3) is 2.59. The Morgan fingerprint density at radius 3 is 2.29 bits per heavy atom. The van der Waals surface area contributed by atoms with Gasteiger partial charge in [0.15, 0.2) is 0 Å². The number of halogens is 1. The van der Waals surface area contributed by atoms with E-state index in [1.807, 2.05) is 30.3 Å². The molecule has 0 aliphatic rings. The molecule has 3 aromatic rings. The van der Waals surface area contributed by atoms with Crippen molar-refractivity contribution in [2.75, 3.05) is 5.73 Å². The van der Waals surface area contributed by atoms with Gasteiger partial charge in [-0.15, -0.1) is 0 Å². The van der Waals surface area contributed by atoms with Gasteiger partial charge >= 0.3 is 0 Å². The lowest BCUT2D eigenvalue weighted by Gasteiger charge is -2.06. The van der Waals surface area contributed by atoms with Gasteiger partial charge < -0.3 is 10.3 Å². The van der Waals surface area contributed by atoms with E-state index in [0.717, 1.165) is 26.9 Å². The zero-order valence-electron chi connectivity index (χ0n) is 11.9. The summed E-state index contributed by atoms with van der Waals surface area (Å²) < 4.78 is 6.24. The molecule has 0 amide bonds. The Morgan fingerprint density at radius 1 is 0.952 bits per heavy atom. The minimum Gasteiger partial charge on any atom is -0.367 e. The van der Waals surface area contributed by atoms with Crippen LogP contribution in [-0.4, -0.2) is 5.16 Å². The minimum absolute atomic E-state index is 0.344. The standard InChI is InChI=1S/C17H15BrN2O/c1-10-3-4-13(9-11(10)2)15-16(20-21-17(15)19)12-5-7-14(18)8-6-12/h3-9H,19H2,1-2H3. The molecule has 21 heavy (non-hydrogen) atoms. The summed E-state index contributed by atoms with van der Waals surface area (Å²) in [6, 6.07) is 14.2. The fourth-order valence-electron chi connectivity index (χ4n) is 2.28. The Labute approximate surface area is 131 Å². The molecule has 0 bridgehead atoms. The number of anilines is 1. The van der Waals surface area contributed by atoms with Crippen molar-refractivity contribution in [3.05, 3.63) is 58.1 Å². The van der Waals surface area contributed by atoms with Crippen LogP contribution in [-0.2, 0) is 0 Å². The maximum Gasteiger partial charge on any atom is 0.230 e. The highest BCUT2D eigenvalue weighted by Gasteiger charge is 2.17. The molecule has 0 spiro atoms. The molecule has 106 valence electrons. The van der Waals surface area contributed by atoms with E-state index < -0.39 is 0 Å². The van der Waals surface area contributed by atoms with E-state index in [1.54, 1.807) is 0 Å². The molecule has 3 rings (SSSR count). The van der Waals surface area contributed by atoms with Gasteiger partial charge in [0.25, 0.3) is 0 Å². The number of aromatic nitrogens is 1. The molecule has 2 N–H and O–H groups in total. The lowest BCUT2D eigenvalue weighted by molar-refractivity contribution is 0.439. The maximum atomic E-state index is 5.99. The van der Waals surface area contributed by atoms with Crippen molar-refractivity contribution < 1.29 is 4.52 Å². The van der Waals surface area contributed by atoms with Crippen LogP contribution in [0.15, 0.2) is 51.5 Å². The lowest BCUT2D eigenvalue weighted by Crippen LogP contribution is -1.89. The average molecular weight is 343 g/mol. The summed E-state index contributed by atoms with van der Waals surface area (Å²) >= 11 is 3.44. The summed E-state index contributed by atoms with van der Waals surface area (Å²) in [4.78, 5) is 0. The van der Waals surface area contributed by atoms with Crippen molar-refractivity contribution in [2.45, 2.75) is 13.8 Å². The van der Waals surface area contributed by atoms with Gasteiger partial charge in [-0.2, -0.15) is 0 Å². The highest BCUT2D eigenvalue weighted by atomic mass is 79.9. The molecule has 0 radical (unpaired) electrons. The third-order valence-corrected chi connectivity index (χ3v) is 4.16. The molecule has 0 aliphatic carbocycles. The molecule has 2 aromatic carbocycles. The van der Waals surface area contributed by atoms with E-state index in [-0.39, 0.29) is 0 Å². The monoisotopic (exact) mass is 342 g/mol. The van der Waals surface area contributed by atoms with Crippen LogP contribution in [0.4, 0.5) is 5.88 Å². The molecule has 1 heterocycles. The molecule has 0 unspecified atom stereocenters. The number of rotatable bonds is 2. The number of nitrogen functional groups attached to an aromatic ring is 1. The van der Waals surface area contributed by atoms with Crippen molar-refractivity contribution in [1.29, 1.82) is 0 Å². The maximum absolute atomic E-state index is 5.99. The summed E-state index contributed by atoms with van der Waals surface area (Å²) in [5.74, 6) is 0.344. The van der Waals surface area contributed by atoms with E-state index in [1.165, 1.54) is 11.1 Å². The smallest absolute Gasteiger partial charge is 0.230 e. The summed E-state index contributed by atoms with van der Waals surface area (Å²) in [5.41, 5.74) is 12.1. The number of nitrogens with zero attached hydrogens (tertiary/aromatic N) is 1. The van der Waals surface area contributed by atoms with Gasteiger partial charge in [0, 0.05) is 10.0 Å². The molecule has 0 saturated heterocycles. The summed E-state index contributed by atoms with van der Waals surface area (Å²) in [5, 5.41) is 4.13. The van der Waals surface area contributed by atoms with Crippen LogP contribution in [0.25, 0.3) is 22.4 Å².